The van der Waals surface area contributed by atoms with Crippen LogP contribution < -0.4 is 10.1 Å². The van der Waals surface area contributed by atoms with Gasteiger partial charge in [-0.05, 0) is 32.2 Å². The van der Waals surface area contributed by atoms with Gasteiger partial charge >= 0.3 is 0 Å². The highest BCUT2D eigenvalue weighted by Gasteiger charge is 2.20. The molecule has 4 heteroatoms. The minimum absolute atomic E-state index is 0.169. The quantitative estimate of drug-likeness (QED) is 0.928. The minimum Gasteiger partial charge on any atom is -0.485 e. The van der Waals surface area contributed by atoms with Crippen LogP contribution in [0, 0.1) is 6.92 Å². The molecule has 1 N–H and O–H groups in total. The monoisotopic (exact) mass is 272 g/mol. The highest BCUT2D eigenvalue weighted by Crippen LogP contribution is 2.28. The lowest BCUT2D eigenvalue weighted by atomic mass is 10.2. The summed E-state index contributed by atoms with van der Waals surface area (Å²) < 4.78 is 11.4. The van der Waals surface area contributed by atoms with E-state index in [-0.39, 0.29) is 6.10 Å². The van der Waals surface area contributed by atoms with Crippen molar-refractivity contribution in [1.82, 2.24) is 4.90 Å². The van der Waals surface area contributed by atoms with Gasteiger partial charge in [0.2, 0.25) is 0 Å². The number of para-hydroxylation sites is 2. The van der Waals surface area contributed by atoms with Crippen LogP contribution in [0.5, 0.6) is 5.75 Å². The topological polar surface area (TPSA) is 37.6 Å². The van der Waals surface area contributed by atoms with Crippen LogP contribution >= 0.6 is 0 Å². The van der Waals surface area contributed by atoms with Crippen LogP contribution in [0.3, 0.4) is 0 Å². The molecular weight excluding hydrogens is 252 g/mol. The number of aryl methyl sites for hydroxylation is 1. The number of hydrogen-bond donors (Lipinski definition) is 1. The van der Waals surface area contributed by atoms with E-state index in [1.807, 2.05) is 37.3 Å². The van der Waals surface area contributed by atoms with E-state index < -0.39 is 0 Å². The highest BCUT2D eigenvalue weighted by molar-refractivity contribution is 5.57. The fourth-order valence-electron chi connectivity index (χ4n) is 2.54. The van der Waals surface area contributed by atoms with Gasteiger partial charge in [0, 0.05) is 18.7 Å². The van der Waals surface area contributed by atoms with Gasteiger partial charge < -0.3 is 14.5 Å². The first-order valence-corrected chi connectivity index (χ1v) is 6.93. The van der Waals surface area contributed by atoms with Crippen LogP contribution in [0.25, 0.3) is 0 Å². The number of nitrogens with zero attached hydrogens (tertiary/aromatic N) is 1. The summed E-state index contributed by atoms with van der Waals surface area (Å²) in [7, 11) is 2.11. The van der Waals surface area contributed by atoms with Gasteiger partial charge in [0.05, 0.1) is 18.5 Å². The molecule has 0 amide bonds. The summed E-state index contributed by atoms with van der Waals surface area (Å²) in [5.41, 5.74) is 2.31. The third kappa shape index (κ3) is 2.80. The number of likely N-dealkylation sites (N-methyl/N-ethyl adjacent to an activating group) is 1. The van der Waals surface area contributed by atoms with Crippen molar-refractivity contribution in [2.24, 2.45) is 0 Å². The van der Waals surface area contributed by atoms with E-state index in [0.717, 1.165) is 36.8 Å². The van der Waals surface area contributed by atoms with E-state index in [4.69, 9.17) is 9.15 Å². The van der Waals surface area contributed by atoms with Crippen molar-refractivity contribution in [2.45, 2.75) is 19.6 Å². The number of furan rings is 1. The maximum absolute atomic E-state index is 6.02. The summed E-state index contributed by atoms with van der Waals surface area (Å²) in [6, 6.07) is 10.1. The fraction of sp³-hybridized carbons (Fsp3) is 0.375. The SMILES string of the molecule is Cc1occc1CN(C)CC1CNc2ccccc2O1. The maximum Gasteiger partial charge on any atom is 0.142 e. The van der Waals surface area contributed by atoms with E-state index in [0.29, 0.717) is 0 Å². The third-order valence-electron chi connectivity index (χ3n) is 3.62. The number of benzene rings is 1. The number of rotatable bonds is 4. The molecule has 20 heavy (non-hydrogen) atoms. The first-order valence-electron chi connectivity index (χ1n) is 6.93. The Morgan fingerprint density at radius 2 is 2.15 bits per heavy atom. The molecule has 0 bridgehead atoms. The van der Waals surface area contributed by atoms with Gasteiger partial charge in [0.1, 0.15) is 17.6 Å². The molecule has 1 atom stereocenters. The van der Waals surface area contributed by atoms with Crippen molar-refractivity contribution in [2.75, 3.05) is 25.5 Å². The van der Waals surface area contributed by atoms with E-state index >= 15 is 0 Å². The molecule has 0 fully saturated rings. The van der Waals surface area contributed by atoms with Gasteiger partial charge in [-0.15, -0.1) is 0 Å². The average molecular weight is 272 g/mol. The molecule has 106 valence electrons. The summed E-state index contributed by atoms with van der Waals surface area (Å²) in [6.07, 6.45) is 1.91. The van der Waals surface area contributed by atoms with Crippen molar-refractivity contribution in [3.05, 3.63) is 47.9 Å². The first kappa shape index (κ1) is 13.1. The number of anilines is 1. The maximum atomic E-state index is 6.02. The molecule has 0 spiro atoms. The molecule has 1 aromatic heterocycles. The normalized spacial score (nSPS) is 17.4. The van der Waals surface area contributed by atoms with E-state index in [1.54, 1.807) is 6.26 Å². The molecule has 1 aliphatic heterocycles. The van der Waals surface area contributed by atoms with Crippen LogP contribution in [-0.2, 0) is 6.54 Å². The molecule has 4 nitrogen and oxygen atoms in total. The van der Waals surface area contributed by atoms with Gasteiger partial charge in [0.25, 0.3) is 0 Å². The molecule has 0 saturated heterocycles. The molecule has 2 aromatic rings. The van der Waals surface area contributed by atoms with Gasteiger partial charge in [-0.3, -0.25) is 4.90 Å². The second-order valence-corrected chi connectivity index (χ2v) is 5.32. The number of nitrogens with one attached hydrogen (secondary N) is 1. The molecule has 1 unspecified atom stereocenters. The Hall–Kier alpha value is -1.94. The predicted molar refractivity (Wildman–Crippen MR) is 79.1 cm³/mol. The van der Waals surface area contributed by atoms with Crippen molar-refractivity contribution in [3.63, 3.8) is 0 Å². The largest absolute Gasteiger partial charge is 0.485 e. The molecule has 2 heterocycles. The zero-order valence-corrected chi connectivity index (χ0v) is 11.9. The lowest BCUT2D eigenvalue weighted by Gasteiger charge is -2.30. The predicted octanol–water partition coefficient (Wildman–Crippen LogP) is 2.89. The van der Waals surface area contributed by atoms with Crippen LogP contribution in [0.2, 0.25) is 0 Å². The Bertz CT molecular complexity index is 579. The second-order valence-electron chi connectivity index (χ2n) is 5.32. The van der Waals surface area contributed by atoms with Crippen LogP contribution in [0.4, 0.5) is 5.69 Å². The van der Waals surface area contributed by atoms with Crippen molar-refractivity contribution in [3.8, 4) is 5.75 Å². The summed E-state index contributed by atoms with van der Waals surface area (Å²) in [5, 5.41) is 3.42. The Balaban J connectivity index is 1.58. The van der Waals surface area contributed by atoms with Crippen LogP contribution in [0.15, 0.2) is 41.0 Å². The molecular formula is C16H20N2O2. The zero-order chi connectivity index (χ0) is 13.9. The van der Waals surface area contributed by atoms with Gasteiger partial charge in [-0.25, -0.2) is 0 Å². The summed E-state index contributed by atoms with van der Waals surface area (Å²) in [6.45, 7) is 4.60. The Morgan fingerprint density at radius 3 is 2.95 bits per heavy atom. The number of ether oxygens (including phenoxy) is 1. The Labute approximate surface area is 119 Å². The molecule has 0 saturated carbocycles. The van der Waals surface area contributed by atoms with E-state index in [1.165, 1.54) is 5.56 Å². The number of fused-ring (bicyclic) bond motifs is 1. The van der Waals surface area contributed by atoms with Crippen LogP contribution in [0.1, 0.15) is 11.3 Å². The third-order valence-corrected chi connectivity index (χ3v) is 3.62. The minimum atomic E-state index is 0.169. The number of hydrogen-bond acceptors (Lipinski definition) is 4. The van der Waals surface area contributed by atoms with Crippen molar-refractivity contribution >= 4 is 5.69 Å². The second kappa shape index (κ2) is 5.59. The molecule has 3 rings (SSSR count). The Morgan fingerprint density at radius 1 is 1.30 bits per heavy atom. The molecule has 1 aliphatic rings. The Kier molecular flexibility index (Phi) is 3.65. The fourth-order valence-corrected chi connectivity index (χ4v) is 2.54. The molecule has 0 radical (unpaired) electrons. The van der Waals surface area contributed by atoms with Gasteiger partial charge in [-0.2, -0.15) is 0 Å². The summed E-state index contributed by atoms with van der Waals surface area (Å²) in [4.78, 5) is 2.26. The van der Waals surface area contributed by atoms with Crippen LogP contribution in [-0.4, -0.2) is 31.1 Å². The van der Waals surface area contributed by atoms with E-state index in [9.17, 15) is 0 Å². The molecule has 0 aliphatic carbocycles. The zero-order valence-electron chi connectivity index (χ0n) is 11.9. The first-order chi connectivity index (χ1) is 9.72. The van der Waals surface area contributed by atoms with Crippen molar-refractivity contribution < 1.29 is 9.15 Å². The lowest BCUT2D eigenvalue weighted by molar-refractivity contribution is 0.148. The average Bonchev–Trinajstić information content (AvgIpc) is 2.84. The van der Waals surface area contributed by atoms with E-state index in [2.05, 4.69) is 17.3 Å². The smallest absolute Gasteiger partial charge is 0.142 e. The van der Waals surface area contributed by atoms with Crippen molar-refractivity contribution in [1.29, 1.82) is 0 Å². The standard InChI is InChI=1S/C16H20N2O2/c1-12-13(7-8-19-12)10-18(2)11-14-9-17-15-5-3-4-6-16(15)20-14/h3-8,14,17H,9-11H2,1-2H3. The van der Waals surface area contributed by atoms with Gasteiger partial charge in [-0.1, -0.05) is 12.1 Å². The van der Waals surface area contributed by atoms with Gasteiger partial charge in [0.15, 0.2) is 0 Å². The molecule has 1 aromatic carbocycles. The highest BCUT2D eigenvalue weighted by atomic mass is 16.5. The summed E-state index contributed by atoms with van der Waals surface area (Å²) in [5.74, 6) is 1.93. The summed E-state index contributed by atoms with van der Waals surface area (Å²) >= 11 is 0. The lowest BCUT2D eigenvalue weighted by Crippen LogP contribution is -2.40.